The fourth-order valence-electron chi connectivity index (χ4n) is 3.80. The number of ether oxygens (including phenoxy) is 1. The van der Waals surface area contributed by atoms with Crippen molar-refractivity contribution in [3.05, 3.63) is 84.9 Å². The van der Waals surface area contributed by atoms with Crippen molar-refractivity contribution >= 4 is 28.8 Å². The van der Waals surface area contributed by atoms with Gasteiger partial charge in [-0.25, -0.2) is 15.0 Å². The third-order valence-electron chi connectivity index (χ3n) is 5.63. The number of aromatic nitrogens is 4. The molecule has 4 N–H and O–H groups in total. The van der Waals surface area contributed by atoms with Crippen LogP contribution in [0.15, 0.2) is 78.0 Å². The molecular weight excluding hydrogens is 468 g/mol. The molecular formula is C24H22N6O6. The average Bonchev–Trinajstić information content (AvgIpc) is 3.63. The number of fused-ring (bicyclic) bond motifs is 1. The highest BCUT2D eigenvalue weighted by molar-refractivity contribution is 6.06. The molecule has 1 fully saturated rings. The molecule has 4 atom stereocenters. The van der Waals surface area contributed by atoms with E-state index in [2.05, 4.69) is 25.6 Å². The van der Waals surface area contributed by atoms with Crippen molar-refractivity contribution in [1.82, 2.24) is 24.8 Å². The molecule has 5 rings (SSSR count). The maximum absolute atomic E-state index is 12.5. The summed E-state index contributed by atoms with van der Waals surface area (Å²) in [6.45, 7) is 0.208. The van der Waals surface area contributed by atoms with E-state index in [0.717, 1.165) is 0 Å². The molecule has 0 bridgehead atoms. The first-order valence-electron chi connectivity index (χ1n) is 11.0. The van der Waals surface area contributed by atoms with Gasteiger partial charge < -0.3 is 30.0 Å². The number of anilines is 1. The van der Waals surface area contributed by atoms with E-state index < -0.39 is 30.4 Å². The van der Waals surface area contributed by atoms with Gasteiger partial charge in [0.05, 0.1) is 19.1 Å². The molecule has 0 radical (unpaired) electrons. The van der Waals surface area contributed by atoms with E-state index in [9.17, 15) is 19.8 Å². The Morgan fingerprint density at radius 2 is 1.89 bits per heavy atom. The van der Waals surface area contributed by atoms with Gasteiger partial charge in [-0.3, -0.25) is 14.2 Å². The number of carbonyl (C=O) groups excluding carboxylic acids is 2. The molecule has 1 aliphatic heterocycles. The number of nitrogens with one attached hydrogen (secondary N) is 2. The molecule has 12 nitrogen and oxygen atoms in total. The van der Waals surface area contributed by atoms with Crippen LogP contribution in [0.25, 0.3) is 11.2 Å². The van der Waals surface area contributed by atoms with E-state index in [1.807, 2.05) is 0 Å². The minimum Gasteiger partial charge on any atom is -0.467 e. The molecule has 0 saturated carbocycles. The summed E-state index contributed by atoms with van der Waals surface area (Å²) in [7, 11) is 0. The number of hydrogen-bond donors (Lipinski definition) is 4. The van der Waals surface area contributed by atoms with Crippen molar-refractivity contribution < 1.29 is 29.0 Å². The Hall–Kier alpha value is -4.39. The number of aliphatic hydroxyl groups excluding tert-OH is 2. The minimum atomic E-state index is -1.33. The van der Waals surface area contributed by atoms with Crippen molar-refractivity contribution in [1.29, 1.82) is 0 Å². The van der Waals surface area contributed by atoms with Crippen LogP contribution < -0.4 is 10.6 Å². The zero-order valence-corrected chi connectivity index (χ0v) is 18.8. The van der Waals surface area contributed by atoms with Gasteiger partial charge in [-0.05, 0) is 30.3 Å². The van der Waals surface area contributed by atoms with Gasteiger partial charge in [0.2, 0.25) is 5.91 Å². The number of amides is 2. The molecule has 12 heteroatoms. The summed E-state index contributed by atoms with van der Waals surface area (Å²) in [5.41, 5.74) is 1.01. The second kappa shape index (κ2) is 10.1. The second-order valence-electron chi connectivity index (χ2n) is 8.00. The summed E-state index contributed by atoms with van der Waals surface area (Å²) in [4.78, 5) is 37.2. The van der Waals surface area contributed by atoms with E-state index in [1.54, 1.807) is 42.5 Å². The monoisotopic (exact) mass is 490 g/mol. The van der Waals surface area contributed by atoms with Crippen LogP contribution in [0, 0.1) is 0 Å². The predicted octanol–water partition coefficient (Wildman–Crippen LogP) is 1.16. The first-order valence-corrected chi connectivity index (χ1v) is 11.0. The van der Waals surface area contributed by atoms with Crippen molar-refractivity contribution in [2.24, 2.45) is 0 Å². The molecule has 36 heavy (non-hydrogen) atoms. The average molecular weight is 490 g/mol. The number of rotatable bonds is 7. The lowest BCUT2D eigenvalue weighted by atomic mass is 10.1. The van der Waals surface area contributed by atoms with Gasteiger partial charge in [0.25, 0.3) is 5.91 Å². The lowest BCUT2D eigenvalue weighted by Crippen LogP contribution is -2.31. The Labute approximate surface area is 204 Å². The third-order valence-corrected chi connectivity index (χ3v) is 5.63. The van der Waals surface area contributed by atoms with Gasteiger partial charge in [0.15, 0.2) is 23.2 Å². The summed E-state index contributed by atoms with van der Waals surface area (Å²) in [5, 5.41) is 26.5. The van der Waals surface area contributed by atoms with Crippen molar-refractivity contribution in [3.8, 4) is 0 Å². The molecule has 1 aliphatic rings. The largest absolute Gasteiger partial charge is 0.467 e. The van der Waals surface area contributed by atoms with E-state index in [0.29, 0.717) is 11.3 Å². The zero-order chi connectivity index (χ0) is 25.1. The highest BCUT2D eigenvalue weighted by Gasteiger charge is 2.43. The summed E-state index contributed by atoms with van der Waals surface area (Å²) in [6, 6.07) is 12.1. The number of benzene rings is 1. The number of furan rings is 1. The van der Waals surface area contributed by atoms with E-state index >= 15 is 0 Å². The van der Waals surface area contributed by atoms with Crippen molar-refractivity contribution in [2.75, 3.05) is 5.32 Å². The Morgan fingerprint density at radius 1 is 1.06 bits per heavy atom. The minimum absolute atomic E-state index is 0.185. The maximum atomic E-state index is 12.5. The first-order chi connectivity index (χ1) is 17.5. The van der Waals surface area contributed by atoms with Crippen molar-refractivity contribution in [3.63, 3.8) is 0 Å². The van der Waals surface area contributed by atoms with Gasteiger partial charge >= 0.3 is 0 Å². The molecule has 0 aliphatic carbocycles. The van der Waals surface area contributed by atoms with Gasteiger partial charge in [0, 0.05) is 11.6 Å². The molecule has 2 amide bonds. The predicted molar refractivity (Wildman–Crippen MR) is 125 cm³/mol. The van der Waals surface area contributed by atoms with Crippen LogP contribution in [0.2, 0.25) is 0 Å². The lowest BCUT2D eigenvalue weighted by molar-refractivity contribution is -0.116. The van der Waals surface area contributed by atoms with E-state index in [-0.39, 0.29) is 29.4 Å². The standard InChI is InChI=1S/C24H22N6O6/c31-17(25-11-15-7-4-10-35-15)9-8-16-19(32)20(33)24(36-16)30-13-28-18-21(26-12-27-22(18)30)29-23(34)14-5-2-1-3-6-14/h1-10,12-13,16,19-20,24,32-33H,11H2,(H,25,31)(H,26,27,29,34)/b9-8+/t16-,19-,20-,24-/m1/s1. The normalized spacial score (nSPS) is 21.7. The highest BCUT2D eigenvalue weighted by Crippen LogP contribution is 2.32. The lowest BCUT2D eigenvalue weighted by Gasteiger charge is -2.16. The Kier molecular flexibility index (Phi) is 6.54. The Morgan fingerprint density at radius 3 is 2.67 bits per heavy atom. The Balaban J connectivity index is 1.30. The smallest absolute Gasteiger partial charge is 0.256 e. The molecule has 0 unspecified atom stereocenters. The number of nitrogens with zero attached hydrogens (tertiary/aromatic N) is 4. The first kappa shape index (κ1) is 23.4. The zero-order valence-electron chi connectivity index (χ0n) is 18.8. The van der Waals surface area contributed by atoms with E-state index in [1.165, 1.54) is 35.6 Å². The number of imidazole rings is 1. The van der Waals surface area contributed by atoms with Crippen LogP contribution in [0.5, 0.6) is 0 Å². The van der Waals surface area contributed by atoms with Gasteiger partial charge in [-0.15, -0.1) is 0 Å². The topological polar surface area (TPSA) is 165 Å². The van der Waals surface area contributed by atoms with Crippen LogP contribution in [0.3, 0.4) is 0 Å². The van der Waals surface area contributed by atoms with Crippen LogP contribution in [-0.2, 0) is 16.1 Å². The summed E-state index contributed by atoms with van der Waals surface area (Å²) in [5.74, 6) is -0.00369. The molecule has 3 aromatic heterocycles. The van der Waals surface area contributed by atoms with Gasteiger partial charge in [-0.2, -0.15) is 0 Å². The van der Waals surface area contributed by atoms with Gasteiger partial charge in [-0.1, -0.05) is 18.2 Å². The quantitative estimate of drug-likeness (QED) is 0.278. The molecule has 1 saturated heterocycles. The van der Waals surface area contributed by atoms with Crippen LogP contribution in [-0.4, -0.2) is 59.9 Å². The summed E-state index contributed by atoms with van der Waals surface area (Å²) in [6.07, 6.45) is 2.07. The number of hydrogen-bond acceptors (Lipinski definition) is 9. The van der Waals surface area contributed by atoms with Crippen LogP contribution in [0.1, 0.15) is 22.3 Å². The highest BCUT2D eigenvalue weighted by atomic mass is 16.6. The third kappa shape index (κ3) is 4.73. The fraction of sp³-hybridized carbons (Fsp3) is 0.208. The van der Waals surface area contributed by atoms with Gasteiger partial charge in [0.1, 0.15) is 30.4 Å². The Bertz CT molecular complexity index is 1390. The second-order valence-corrected chi connectivity index (χ2v) is 8.00. The molecule has 1 aromatic carbocycles. The van der Waals surface area contributed by atoms with E-state index in [4.69, 9.17) is 9.15 Å². The van der Waals surface area contributed by atoms with Crippen LogP contribution >= 0.6 is 0 Å². The molecule has 4 aromatic rings. The van der Waals surface area contributed by atoms with Crippen molar-refractivity contribution in [2.45, 2.75) is 31.1 Å². The van der Waals surface area contributed by atoms with Crippen LogP contribution in [0.4, 0.5) is 5.82 Å². The maximum Gasteiger partial charge on any atom is 0.256 e. The summed E-state index contributed by atoms with van der Waals surface area (Å²) < 4.78 is 12.4. The fourth-order valence-corrected chi connectivity index (χ4v) is 3.80. The SMILES string of the molecule is O=C(/C=C/[C@H]1O[C@@H](n2cnc3c(NC(=O)c4ccccc4)ncnc32)[C@H](O)[C@@H]1O)NCc1ccco1. The number of aliphatic hydroxyl groups is 2. The summed E-state index contributed by atoms with van der Waals surface area (Å²) >= 11 is 0. The molecule has 0 spiro atoms. The molecule has 184 valence electrons. The number of carbonyl (C=O) groups is 2. The molecule has 4 heterocycles.